The third-order valence-electron chi connectivity index (χ3n) is 4.07. The van der Waals surface area contributed by atoms with Crippen LogP contribution in [0.25, 0.3) is 0 Å². The van der Waals surface area contributed by atoms with E-state index in [2.05, 4.69) is 64.5 Å². The molecule has 0 atom stereocenters. The maximum atomic E-state index is 6.03. The first kappa shape index (κ1) is 31.5. The van der Waals surface area contributed by atoms with Crippen LogP contribution in [0.3, 0.4) is 0 Å². The smallest absolute Gasteiger partial charge is 0.280 e. The molecule has 0 bridgehead atoms. The Bertz CT molecular complexity index is 752. The van der Waals surface area contributed by atoms with Crippen molar-refractivity contribution in [1.29, 1.82) is 0 Å². The summed E-state index contributed by atoms with van der Waals surface area (Å²) in [5, 5.41) is 1.27. The van der Waals surface area contributed by atoms with E-state index < -0.39 is 25.0 Å². The predicted octanol–water partition coefficient (Wildman–Crippen LogP) is 6.97. The molecule has 0 N–H and O–H groups in total. The van der Waals surface area contributed by atoms with Crippen molar-refractivity contribution in [2.45, 2.75) is 80.1 Å². The Morgan fingerprint density at radius 2 is 1.18 bits per heavy atom. The van der Waals surface area contributed by atoms with Crippen molar-refractivity contribution in [3.05, 3.63) is 53.4 Å². The molecule has 0 aliphatic heterocycles. The lowest BCUT2D eigenvalue weighted by Gasteiger charge is -2.26. The predicted molar refractivity (Wildman–Crippen MR) is 148 cm³/mol. The molecule has 0 saturated heterocycles. The van der Waals surface area contributed by atoms with E-state index in [9.17, 15) is 0 Å². The highest BCUT2D eigenvalue weighted by atomic mass is 28.4. The summed E-state index contributed by atoms with van der Waals surface area (Å²) >= 11 is 0. The van der Waals surface area contributed by atoms with E-state index >= 15 is 0 Å². The molecule has 33 heavy (non-hydrogen) atoms. The van der Waals surface area contributed by atoms with Crippen LogP contribution in [0.4, 0.5) is 0 Å². The standard InChI is InChI=1S/C13H20O2Si.C12H28O3Si2/c1-11(2)13(14-3)15-16(4,5)12-9-7-6-8-10-12;1-11(2)12(15-17(6,7)8)13-9-10-14-16(3,4)5/h6-10H,1-5H3;9-10H2,1-8H3. The zero-order valence-electron chi connectivity index (χ0n) is 23.3. The molecule has 0 heterocycles. The van der Waals surface area contributed by atoms with E-state index in [0.29, 0.717) is 25.1 Å². The first-order chi connectivity index (χ1) is 15.0. The van der Waals surface area contributed by atoms with Gasteiger partial charge < -0.3 is 22.8 Å². The molecule has 8 heteroatoms. The van der Waals surface area contributed by atoms with Crippen molar-refractivity contribution >= 4 is 30.1 Å². The minimum atomic E-state index is -1.91. The molecule has 0 fully saturated rings. The van der Waals surface area contributed by atoms with Crippen LogP contribution in [-0.2, 0) is 22.8 Å². The highest BCUT2D eigenvalue weighted by molar-refractivity contribution is 6.84. The van der Waals surface area contributed by atoms with Crippen molar-refractivity contribution in [2.24, 2.45) is 0 Å². The van der Waals surface area contributed by atoms with Crippen LogP contribution in [0.15, 0.2) is 53.4 Å². The number of hydrogen-bond donors (Lipinski definition) is 0. The van der Waals surface area contributed by atoms with Gasteiger partial charge in [0, 0.05) is 11.1 Å². The van der Waals surface area contributed by atoms with Gasteiger partial charge in [-0.3, -0.25) is 0 Å². The second kappa shape index (κ2) is 14.0. The second-order valence-corrected chi connectivity index (χ2v) is 23.5. The van der Waals surface area contributed by atoms with Crippen molar-refractivity contribution < 1.29 is 22.8 Å². The fourth-order valence-electron chi connectivity index (χ4n) is 2.51. The van der Waals surface area contributed by atoms with Gasteiger partial charge >= 0.3 is 0 Å². The van der Waals surface area contributed by atoms with Crippen LogP contribution in [0.5, 0.6) is 0 Å². The van der Waals surface area contributed by atoms with Gasteiger partial charge in [-0.2, -0.15) is 0 Å². The van der Waals surface area contributed by atoms with Crippen LogP contribution >= 0.6 is 0 Å². The lowest BCUT2D eigenvalue weighted by atomic mass is 10.4. The van der Waals surface area contributed by atoms with Gasteiger partial charge in [0.25, 0.3) is 20.2 Å². The Hall–Kier alpha value is -1.49. The molecule has 0 saturated carbocycles. The van der Waals surface area contributed by atoms with Gasteiger partial charge in [0.2, 0.25) is 8.32 Å². The normalized spacial score (nSPS) is 11.5. The molecule has 5 nitrogen and oxygen atoms in total. The summed E-state index contributed by atoms with van der Waals surface area (Å²) in [5.41, 5.74) is 2.15. The van der Waals surface area contributed by atoms with Gasteiger partial charge in [-0.15, -0.1) is 0 Å². The van der Waals surface area contributed by atoms with Gasteiger partial charge in [-0.1, -0.05) is 30.3 Å². The summed E-state index contributed by atoms with van der Waals surface area (Å²) < 4.78 is 28.6. The molecule has 0 aromatic heterocycles. The minimum absolute atomic E-state index is 0.565. The maximum Gasteiger partial charge on any atom is 0.280 e. The van der Waals surface area contributed by atoms with Gasteiger partial charge in [-0.05, 0) is 85.3 Å². The van der Waals surface area contributed by atoms with Crippen LogP contribution in [-0.4, -0.2) is 45.3 Å². The molecular weight excluding hydrogens is 465 g/mol. The molecule has 0 spiro atoms. The molecule has 1 aromatic rings. The third kappa shape index (κ3) is 15.1. The van der Waals surface area contributed by atoms with E-state index in [1.165, 1.54) is 5.19 Å². The SMILES string of the molecule is CC(C)=C(OCCO[Si](C)(C)C)O[Si](C)(C)C.COC(O[Si](C)(C)c1ccccc1)=C(C)C. The zero-order valence-corrected chi connectivity index (χ0v) is 26.3. The lowest BCUT2D eigenvalue weighted by molar-refractivity contribution is 0.0746. The highest BCUT2D eigenvalue weighted by Gasteiger charge is 2.28. The van der Waals surface area contributed by atoms with E-state index in [-0.39, 0.29) is 0 Å². The van der Waals surface area contributed by atoms with Gasteiger partial charge in [-0.25, -0.2) is 0 Å². The topological polar surface area (TPSA) is 46.2 Å². The molecule has 1 aromatic carbocycles. The molecule has 0 amide bonds. The van der Waals surface area contributed by atoms with Crippen molar-refractivity contribution in [3.63, 3.8) is 0 Å². The van der Waals surface area contributed by atoms with Crippen molar-refractivity contribution in [1.82, 2.24) is 0 Å². The number of benzene rings is 1. The summed E-state index contributed by atoms with van der Waals surface area (Å²) in [5.74, 6) is 1.34. The van der Waals surface area contributed by atoms with E-state index in [1.54, 1.807) is 7.11 Å². The van der Waals surface area contributed by atoms with Gasteiger partial charge in [0.15, 0.2) is 8.32 Å². The fourth-order valence-corrected chi connectivity index (χ4v) is 5.89. The fraction of sp³-hybridized carbons (Fsp3) is 0.600. The molecule has 0 radical (unpaired) electrons. The first-order valence-electron chi connectivity index (χ1n) is 11.6. The summed E-state index contributed by atoms with van der Waals surface area (Å²) in [4.78, 5) is 0. The van der Waals surface area contributed by atoms with Crippen LogP contribution < -0.4 is 5.19 Å². The zero-order chi connectivity index (χ0) is 25.9. The van der Waals surface area contributed by atoms with Crippen LogP contribution in [0, 0.1) is 0 Å². The summed E-state index contributed by atoms with van der Waals surface area (Å²) in [7, 11) is -3.28. The summed E-state index contributed by atoms with van der Waals surface area (Å²) in [6.07, 6.45) is 0. The average molecular weight is 513 g/mol. The lowest BCUT2D eigenvalue weighted by Crippen LogP contribution is -2.44. The molecule has 1 rings (SSSR count). The number of hydrogen-bond acceptors (Lipinski definition) is 5. The molecular formula is C25H48O5Si3. The third-order valence-corrected chi connectivity index (χ3v) is 8.36. The van der Waals surface area contributed by atoms with E-state index in [0.717, 1.165) is 11.1 Å². The number of ether oxygens (including phenoxy) is 2. The summed E-state index contributed by atoms with van der Waals surface area (Å²) in [6.45, 7) is 26.5. The largest absolute Gasteiger partial charge is 0.520 e. The quantitative estimate of drug-likeness (QED) is 0.182. The Morgan fingerprint density at radius 3 is 1.58 bits per heavy atom. The highest BCUT2D eigenvalue weighted by Crippen LogP contribution is 2.16. The minimum Gasteiger partial charge on any atom is -0.520 e. The van der Waals surface area contributed by atoms with Gasteiger partial charge in [0.05, 0.1) is 13.7 Å². The summed E-state index contributed by atoms with van der Waals surface area (Å²) in [6, 6.07) is 10.3. The monoisotopic (exact) mass is 512 g/mol. The Labute approximate surface area is 206 Å². The number of rotatable bonds is 11. The first-order valence-corrected chi connectivity index (χ1v) is 21.3. The average Bonchev–Trinajstić information content (AvgIpc) is 2.67. The Morgan fingerprint density at radius 1 is 0.667 bits per heavy atom. The second-order valence-electron chi connectivity index (χ2n) is 10.8. The number of methoxy groups -OCH3 is 1. The molecule has 190 valence electrons. The van der Waals surface area contributed by atoms with E-state index in [4.69, 9.17) is 22.8 Å². The number of allylic oxidation sites excluding steroid dienone is 2. The Kier molecular flexibility index (Phi) is 13.4. The molecule has 0 aliphatic carbocycles. The van der Waals surface area contributed by atoms with Gasteiger partial charge in [0.1, 0.15) is 6.61 Å². The Balaban J connectivity index is 0.000000621. The van der Waals surface area contributed by atoms with E-state index in [1.807, 2.05) is 45.9 Å². The van der Waals surface area contributed by atoms with Crippen LogP contribution in [0.1, 0.15) is 27.7 Å². The van der Waals surface area contributed by atoms with Crippen molar-refractivity contribution in [3.8, 4) is 0 Å². The molecule has 0 unspecified atom stereocenters. The van der Waals surface area contributed by atoms with Crippen molar-refractivity contribution in [2.75, 3.05) is 20.3 Å². The maximum absolute atomic E-state index is 6.03. The van der Waals surface area contributed by atoms with Crippen LogP contribution in [0.2, 0.25) is 52.4 Å². The molecule has 0 aliphatic rings.